The molecule has 2 aliphatic rings. The van der Waals surface area contributed by atoms with Gasteiger partial charge in [-0.25, -0.2) is 8.78 Å². The second-order valence-electron chi connectivity index (χ2n) is 7.41. The molecule has 4 rings (SSSR count). The number of anilines is 1. The number of benzene rings is 1. The minimum atomic E-state index is -0.461. The van der Waals surface area contributed by atoms with Gasteiger partial charge in [-0.05, 0) is 55.8 Å². The molecule has 2 heterocycles. The molecule has 1 aromatic carbocycles. The summed E-state index contributed by atoms with van der Waals surface area (Å²) in [6.45, 7) is 4.69. The maximum Gasteiger partial charge on any atom is 0.191 e. The molecule has 2 aromatic rings. The van der Waals surface area contributed by atoms with Crippen molar-refractivity contribution in [1.82, 2.24) is 10.6 Å². The Hall–Kier alpha value is -2.15. The number of piperidine rings is 1. The lowest BCUT2D eigenvalue weighted by molar-refractivity contribution is 0.462. The third-order valence-electron chi connectivity index (χ3n) is 5.45. The van der Waals surface area contributed by atoms with Crippen molar-refractivity contribution in [3.63, 3.8) is 0 Å². The molecule has 0 bridgehead atoms. The average molecular weight is 405 g/mol. The van der Waals surface area contributed by atoms with Crippen LogP contribution >= 0.6 is 11.3 Å². The molecular formula is C21H26F2N4S. The maximum atomic E-state index is 14.0. The Kier molecular flexibility index (Phi) is 5.80. The van der Waals surface area contributed by atoms with Crippen LogP contribution in [-0.2, 0) is 0 Å². The van der Waals surface area contributed by atoms with Crippen LogP contribution in [0, 0.1) is 11.6 Å². The highest BCUT2D eigenvalue weighted by Crippen LogP contribution is 2.43. The van der Waals surface area contributed by atoms with Crippen molar-refractivity contribution >= 4 is 22.3 Å². The van der Waals surface area contributed by atoms with Crippen LogP contribution in [0.5, 0.6) is 0 Å². The number of nitrogens with one attached hydrogen (secondary N) is 2. The first-order valence-corrected chi connectivity index (χ1v) is 10.8. The highest BCUT2D eigenvalue weighted by atomic mass is 32.1. The molecule has 1 aliphatic heterocycles. The normalized spacial score (nSPS) is 23.0. The van der Waals surface area contributed by atoms with Crippen LogP contribution in [0.3, 0.4) is 0 Å². The summed E-state index contributed by atoms with van der Waals surface area (Å²) in [6.07, 6.45) is 2.80. The van der Waals surface area contributed by atoms with E-state index >= 15 is 0 Å². The standard InChI is InChI=1S/C21H26F2N4S/c1-2-24-21(25-14-8-10-27(11-9-14)19-7-4-12-28-19)26-18-13-15(18)20-16(22)5-3-6-17(20)23/h3-7,12,14-15,18H,2,8-11,13H2,1H3,(H2,24,25,26). The summed E-state index contributed by atoms with van der Waals surface area (Å²) in [5, 5.41) is 10.3. The van der Waals surface area contributed by atoms with Gasteiger partial charge in [-0.2, -0.15) is 0 Å². The van der Waals surface area contributed by atoms with E-state index in [2.05, 4.69) is 38.0 Å². The lowest BCUT2D eigenvalue weighted by Gasteiger charge is -2.33. The molecule has 2 atom stereocenters. The van der Waals surface area contributed by atoms with Crippen molar-refractivity contribution in [3.05, 3.63) is 52.9 Å². The van der Waals surface area contributed by atoms with Gasteiger partial charge in [0.2, 0.25) is 0 Å². The van der Waals surface area contributed by atoms with E-state index in [1.165, 1.54) is 23.2 Å². The lowest BCUT2D eigenvalue weighted by atomic mass is 10.1. The van der Waals surface area contributed by atoms with Gasteiger partial charge in [0.1, 0.15) is 11.6 Å². The van der Waals surface area contributed by atoms with Crippen molar-refractivity contribution in [1.29, 1.82) is 0 Å². The molecule has 0 amide bonds. The summed E-state index contributed by atoms with van der Waals surface area (Å²) in [5.41, 5.74) is 0.195. The molecule has 2 unspecified atom stereocenters. The Morgan fingerprint density at radius 3 is 2.54 bits per heavy atom. The number of thiophene rings is 1. The predicted octanol–water partition coefficient (Wildman–Crippen LogP) is 4.11. The van der Waals surface area contributed by atoms with E-state index in [1.54, 1.807) is 11.3 Å². The highest BCUT2D eigenvalue weighted by molar-refractivity contribution is 7.14. The molecule has 1 saturated carbocycles. The van der Waals surface area contributed by atoms with Gasteiger partial charge in [0.25, 0.3) is 0 Å². The zero-order chi connectivity index (χ0) is 19.5. The Labute approximate surface area is 168 Å². The second-order valence-corrected chi connectivity index (χ2v) is 8.33. The second kappa shape index (κ2) is 8.47. The van der Waals surface area contributed by atoms with E-state index in [1.807, 2.05) is 6.92 Å². The van der Waals surface area contributed by atoms with Gasteiger partial charge in [-0.1, -0.05) is 6.07 Å². The number of hydrogen-bond acceptors (Lipinski definition) is 3. The summed E-state index contributed by atoms with van der Waals surface area (Å²) in [6, 6.07) is 8.70. The first-order chi connectivity index (χ1) is 13.7. The Morgan fingerprint density at radius 2 is 1.89 bits per heavy atom. The molecule has 150 valence electrons. The van der Waals surface area contributed by atoms with Crippen LogP contribution in [0.15, 0.2) is 40.7 Å². The molecule has 1 aromatic heterocycles. The fraction of sp³-hybridized carbons (Fsp3) is 0.476. The summed E-state index contributed by atoms with van der Waals surface area (Å²) in [5.74, 6) is -0.304. The highest BCUT2D eigenvalue weighted by Gasteiger charge is 2.42. The van der Waals surface area contributed by atoms with E-state index in [4.69, 9.17) is 0 Å². The Balaban J connectivity index is 1.32. The van der Waals surface area contributed by atoms with Crippen molar-refractivity contribution < 1.29 is 8.78 Å². The SMILES string of the molecule is CCN=C(NC1CCN(c2cccs2)CC1)NC1CC1c1c(F)cccc1F. The van der Waals surface area contributed by atoms with Crippen molar-refractivity contribution in [2.24, 2.45) is 4.99 Å². The Morgan fingerprint density at radius 1 is 1.14 bits per heavy atom. The van der Waals surface area contributed by atoms with Crippen molar-refractivity contribution in [2.75, 3.05) is 24.5 Å². The average Bonchev–Trinajstić information content (AvgIpc) is 3.20. The summed E-state index contributed by atoms with van der Waals surface area (Å²) in [4.78, 5) is 6.96. The number of hydrogen-bond donors (Lipinski definition) is 2. The number of nitrogens with zero attached hydrogens (tertiary/aromatic N) is 2. The first-order valence-electron chi connectivity index (χ1n) is 9.95. The summed E-state index contributed by atoms with van der Waals surface area (Å²) in [7, 11) is 0. The van der Waals surface area contributed by atoms with Gasteiger partial charge in [0.05, 0.1) is 5.00 Å². The number of guanidine groups is 1. The van der Waals surface area contributed by atoms with Gasteiger partial charge in [0.15, 0.2) is 5.96 Å². The smallest absolute Gasteiger partial charge is 0.191 e. The van der Waals surface area contributed by atoms with E-state index in [9.17, 15) is 8.78 Å². The molecule has 2 fully saturated rings. The third kappa shape index (κ3) is 4.29. The molecule has 2 N–H and O–H groups in total. The van der Waals surface area contributed by atoms with E-state index in [0.29, 0.717) is 12.6 Å². The van der Waals surface area contributed by atoms with Gasteiger partial charge < -0.3 is 15.5 Å². The van der Waals surface area contributed by atoms with Crippen LogP contribution in [0.1, 0.15) is 37.7 Å². The molecule has 1 aliphatic carbocycles. The van der Waals surface area contributed by atoms with E-state index < -0.39 is 11.6 Å². The largest absolute Gasteiger partial charge is 0.363 e. The minimum Gasteiger partial charge on any atom is -0.363 e. The topological polar surface area (TPSA) is 39.7 Å². The van der Waals surface area contributed by atoms with E-state index in [0.717, 1.165) is 38.3 Å². The fourth-order valence-corrected chi connectivity index (χ4v) is 4.68. The predicted molar refractivity (Wildman–Crippen MR) is 111 cm³/mol. The quantitative estimate of drug-likeness (QED) is 0.582. The monoisotopic (exact) mass is 404 g/mol. The van der Waals surface area contributed by atoms with Crippen LogP contribution in [0.4, 0.5) is 13.8 Å². The first kappa shape index (κ1) is 19.2. The molecule has 7 heteroatoms. The van der Waals surface area contributed by atoms with Crippen molar-refractivity contribution in [3.8, 4) is 0 Å². The van der Waals surface area contributed by atoms with Crippen LogP contribution in [-0.4, -0.2) is 37.7 Å². The number of aliphatic imine (C=N–C) groups is 1. The zero-order valence-corrected chi connectivity index (χ0v) is 16.8. The molecule has 0 spiro atoms. The maximum absolute atomic E-state index is 14.0. The van der Waals surface area contributed by atoms with Crippen molar-refractivity contribution in [2.45, 2.75) is 44.2 Å². The summed E-state index contributed by atoms with van der Waals surface area (Å²) >= 11 is 1.78. The van der Waals surface area contributed by atoms with Gasteiger partial charge in [-0.3, -0.25) is 4.99 Å². The van der Waals surface area contributed by atoms with Gasteiger partial charge >= 0.3 is 0 Å². The molecule has 0 radical (unpaired) electrons. The molecule has 28 heavy (non-hydrogen) atoms. The van der Waals surface area contributed by atoms with Crippen LogP contribution in [0.25, 0.3) is 0 Å². The summed E-state index contributed by atoms with van der Waals surface area (Å²) < 4.78 is 28.0. The number of rotatable bonds is 5. The Bertz CT molecular complexity index is 796. The molecule has 1 saturated heterocycles. The zero-order valence-electron chi connectivity index (χ0n) is 16.0. The van der Waals surface area contributed by atoms with Crippen LogP contribution < -0.4 is 15.5 Å². The van der Waals surface area contributed by atoms with Gasteiger partial charge in [-0.15, -0.1) is 11.3 Å². The fourth-order valence-electron chi connectivity index (χ4n) is 3.89. The third-order valence-corrected chi connectivity index (χ3v) is 6.38. The molecule has 4 nitrogen and oxygen atoms in total. The lowest BCUT2D eigenvalue weighted by Crippen LogP contribution is -2.49. The minimum absolute atomic E-state index is 0.0235. The molecular weight excluding hydrogens is 378 g/mol. The van der Waals surface area contributed by atoms with E-state index in [-0.39, 0.29) is 17.5 Å². The van der Waals surface area contributed by atoms with Crippen LogP contribution in [0.2, 0.25) is 0 Å². The van der Waals surface area contributed by atoms with Gasteiger partial charge in [0, 0.05) is 43.2 Å². The number of halogens is 2.